The molecule has 1 aliphatic rings. The molecule has 0 bridgehead atoms. The Morgan fingerprint density at radius 2 is 1.82 bits per heavy atom. The van der Waals surface area contributed by atoms with Crippen molar-refractivity contribution in [3.05, 3.63) is 58.4 Å². The monoisotopic (exact) mass is 376 g/mol. The highest BCUT2D eigenvalue weighted by Crippen LogP contribution is 2.28. The standard InChI is InChI=1S/C21H16N2O5/c24-20(25)13-4-6-17-16(10-13)22-19(27-17)15-9-12-3-5-14(23-7-1-2-8-23)11-18(12)28-21(15)26/h3-6,9-11H,1-2,7-8H2,(H,24,25). The third-order valence-electron chi connectivity index (χ3n) is 5.06. The van der Waals surface area contributed by atoms with Crippen LogP contribution in [-0.2, 0) is 0 Å². The van der Waals surface area contributed by atoms with Crippen molar-refractivity contribution in [1.82, 2.24) is 4.98 Å². The Kier molecular flexibility index (Phi) is 3.68. The summed E-state index contributed by atoms with van der Waals surface area (Å²) >= 11 is 0. The molecule has 7 nitrogen and oxygen atoms in total. The molecular formula is C21H16N2O5. The van der Waals surface area contributed by atoms with E-state index in [0.717, 1.165) is 24.2 Å². The molecule has 1 fully saturated rings. The van der Waals surface area contributed by atoms with E-state index in [1.165, 1.54) is 31.0 Å². The third-order valence-corrected chi connectivity index (χ3v) is 5.06. The quantitative estimate of drug-likeness (QED) is 0.542. The smallest absolute Gasteiger partial charge is 0.349 e. The van der Waals surface area contributed by atoms with E-state index in [0.29, 0.717) is 16.7 Å². The van der Waals surface area contributed by atoms with Crippen molar-refractivity contribution in [3.63, 3.8) is 0 Å². The van der Waals surface area contributed by atoms with Gasteiger partial charge in [0.25, 0.3) is 0 Å². The van der Waals surface area contributed by atoms with Gasteiger partial charge in [-0.05, 0) is 49.2 Å². The van der Waals surface area contributed by atoms with Crippen molar-refractivity contribution >= 4 is 33.7 Å². The van der Waals surface area contributed by atoms with Gasteiger partial charge in [0.2, 0.25) is 5.89 Å². The van der Waals surface area contributed by atoms with Crippen molar-refractivity contribution in [2.45, 2.75) is 12.8 Å². The molecule has 2 aromatic carbocycles. The molecule has 28 heavy (non-hydrogen) atoms. The number of oxazole rings is 1. The zero-order valence-electron chi connectivity index (χ0n) is 14.8. The summed E-state index contributed by atoms with van der Waals surface area (Å²) in [6.45, 7) is 2.02. The van der Waals surface area contributed by atoms with E-state index in [4.69, 9.17) is 13.9 Å². The molecule has 5 rings (SSSR count). The first-order chi connectivity index (χ1) is 13.6. The minimum Gasteiger partial charge on any atom is -0.478 e. The lowest BCUT2D eigenvalue weighted by molar-refractivity contribution is 0.0697. The van der Waals surface area contributed by atoms with Crippen LogP contribution in [0.3, 0.4) is 0 Å². The van der Waals surface area contributed by atoms with E-state index >= 15 is 0 Å². The SMILES string of the molecule is O=C(O)c1ccc2oc(-c3cc4ccc(N5CCCC5)cc4oc3=O)nc2c1. The number of hydrogen-bond acceptors (Lipinski definition) is 6. The van der Waals surface area contributed by atoms with Crippen molar-refractivity contribution < 1.29 is 18.7 Å². The fraction of sp³-hybridized carbons (Fsp3) is 0.190. The topological polar surface area (TPSA) is 96.8 Å². The molecule has 0 radical (unpaired) electrons. The maximum atomic E-state index is 12.5. The van der Waals surface area contributed by atoms with Crippen LogP contribution in [0.1, 0.15) is 23.2 Å². The van der Waals surface area contributed by atoms with E-state index < -0.39 is 11.6 Å². The molecule has 0 spiro atoms. The first-order valence-electron chi connectivity index (χ1n) is 9.06. The van der Waals surface area contributed by atoms with Gasteiger partial charge in [-0.1, -0.05) is 0 Å². The predicted octanol–water partition coefficient (Wildman–Crippen LogP) is 3.90. The van der Waals surface area contributed by atoms with Crippen LogP contribution in [0.2, 0.25) is 0 Å². The summed E-state index contributed by atoms with van der Waals surface area (Å²) in [4.78, 5) is 30.2. The number of carboxylic acid groups (broad SMARTS) is 1. The lowest BCUT2D eigenvalue weighted by Gasteiger charge is -2.17. The molecule has 0 unspecified atom stereocenters. The van der Waals surface area contributed by atoms with E-state index in [2.05, 4.69) is 9.88 Å². The van der Waals surface area contributed by atoms with Crippen molar-refractivity contribution in [2.24, 2.45) is 0 Å². The highest BCUT2D eigenvalue weighted by molar-refractivity contribution is 5.92. The van der Waals surface area contributed by atoms with Gasteiger partial charge in [-0.2, -0.15) is 0 Å². The fourth-order valence-electron chi connectivity index (χ4n) is 3.60. The summed E-state index contributed by atoms with van der Waals surface area (Å²) < 4.78 is 11.2. The van der Waals surface area contributed by atoms with Crippen LogP contribution >= 0.6 is 0 Å². The third kappa shape index (κ3) is 2.72. The van der Waals surface area contributed by atoms with Gasteiger partial charge in [0.05, 0.1) is 5.56 Å². The lowest BCUT2D eigenvalue weighted by atomic mass is 10.1. The largest absolute Gasteiger partial charge is 0.478 e. The summed E-state index contributed by atoms with van der Waals surface area (Å²) in [5.41, 5.74) is 2.10. The van der Waals surface area contributed by atoms with Gasteiger partial charge >= 0.3 is 11.6 Å². The normalized spacial score (nSPS) is 14.2. The number of rotatable bonds is 3. The number of carbonyl (C=O) groups is 1. The van der Waals surface area contributed by atoms with E-state index in [9.17, 15) is 9.59 Å². The van der Waals surface area contributed by atoms with Gasteiger partial charge in [0.1, 0.15) is 16.7 Å². The van der Waals surface area contributed by atoms with Crippen molar-refractivity contribution in [1.29, 1.82) is 0 Å². The Morgan fingerprint density at radius 3 is 2.61 bits per heavy atom. The molecule has 1 N–H and O–H groups in total. The second-order valence-electron chi connectivity index (χ2n) is 6.87. The molecule has 2 aromatic heterocycles. The number of aromatic carboxylic acids is 1. The number of benzene rings is 2. The fourth-order valence-corrected chi connectivity index (χ4v) is 3.60. The summed E-state index contributed by atoms with van der Waals surface area (Å²) in [5.74, 6) is -0.942. The zero-order valence-corrected chi connectivity index (χ0v) is 14.8. The number of nitrogens with zero attached hydrogens (tertiary/aromatic N) is 2. The zero-order chi connectivity index (χ0) is 19.3. The van der Waals surface area contributed by atoms with Crippen LogP contribution in [0, 0.1) is 0 Å². The van der Waals surface area contributed by atoms with Gasteiger partial charge in [0, 0.05) is 30.2 Å². The number of anilines is 1. The first-order valence-corrected chi connectivity index (χ1v) is 9.06. The molecule has 0 amide bonds. The van der Waals surface area contributed by atoms with E-state index in [-0.39, 0.29) is 17.0 Å². The van der Waals surface area contributed by atoms with Gasteiger partial charge in [0.15, 0.2) is 5.58 Å². The van der Waals surface area contributed by atoms with Crippen LogP contribution in [-0.4, -0.2) is 29.1 Å². The summed E-state index contributed by atoms with van der Waals surface area (Å²) in [6.07, 6.45) is 2.34. The second kappa shape index (κ2) is 6.23. The highest BCUT2D eigenvalue weighted by Gasteiger charge is 2.17. The molecule has 0 saturated carbocycles. The van der Waals surface area contributed by atoms with E-state index in [1.807, 2.05) is 18.2 Å². The molecule has 140 valence electrons. The number of carboxylic acids is 1. The molecule has 0 aliphatic carbocycles. The average Bonchev–Trinajstić information content (AvgIpc) is 3.36. The predicted molar refractivity (Wildman–Crippen MR) is 104 cm³/mol. The van der Waals surface area contributed by atoms with Crippen molar-refractivity contribution in [2.75, 3.05) is 18.0 Å². The number of aromatic nitrogens is 1. The molecule has 4 aromatic rings. The van der Waals surface area contributed by atoms with Gasteiger partial charge in [-0.25, -0.2) is 14.6 Å². The van der Waals surface area contributed by atoms with Crippen molar-refractivity contribution in [3.8, 4) is 11.5 Å². The van der Waals surface area contributed by atoms with Crippen LogP contribution in [0.5, 0.6) is 0 Å². The maximum Gasteiger partial charge on any atom is 0.349 e. The molecule has 3 heterocycles. The Balaban J connectivity index is 1.59. The first kappa shape index (κ1) is 16.6. The molecule has 7 heteroatoms. The highest BCUT2D eigenvalue weighted by atomic mass is 16.4. The summed E-state index contributed by atoms with van der Waals surface area (Å²) in [7, 11) is 0. The number of fused-ring (bicyclic) bond motifs is 2. The van der Waals surface area contributed by atoms with Crippen LogP contribution in [0.15, 0.2) is 56.1 Å². The summed E-state index contributed by atoms with van der Waals surface area (Å²) in [6, 6.07) is 11.9. The second-order valence-corrected chi connectivity index (χ2v) is 6.87. The molecule has 1 saturated heterocycles. The average molecular weight is 376 g/mol. The van der Waals surface area contributed by atoms with Gasteiger partial charge in [-0.15, -0.1) is 0 Å². The Bertz CT molecular complexity index is 1280. The minimum atomic E-state index is -1.05. The summed E-state index contributed by atoms with van der Waals surface area (Å²) in [5, 5.41) is 9.87. The minimum absolute atomic E-state index is 0.104. The Labute approximate surface area is 158 Å². The van der Waals surface area contributed by atoms with Crippen LogP contribution in [0.25, 0.3) is 33.5 Å². The molecule has 1 aliphatic heterocycles. The molecular weight excluding hydrogens is 360 g/mol. The van der Waals surface area contributed by atoms with Crippen LogP contribution < -0.4 is 10.5 Å². The maximum absolute atomic E-state index is 12.5. The van der Waals surface area contributed by atoms with Gasteiger partial charge < -0.3 is 18.8 Å². The molecule has 0 atom stereocenters. The van der Waals surface area contributed by atoms with E-state index in [1.54, 1.807) is 6.07 Å². The van der Waals surface area contributed by atoms with Gasteiger partial charge in [-0.3, -0.25) is 0 Å². The Hall–Kier alpha value is -3.61. The van der Waals surface area contributed by atoms with Crippen LogP contribution in [0.4, 0.5) is 5.69 Å². The Morgan fingerprint density at radius 1 is 1.00 bits per heavy atom. The number of hydrogen-bond donors (Lipinski definition) is 1. The lowest BCUT2D eigenvalue weighted by Crippen LogP contribution is -2.17.